The van der Waals surface area contributed by atoms with E-state index in [-0.39, 0.29) is 12.5 Å². The Kier molecular flexibility index (Phi) is 5.90. The summed E-state index contributed by atoms with van der Waals surface area (Å²) in [5, 5.41) is 15.1. The summed E-state index contributed by atoms with van der Waals surface area (Å²) in [4.78, 5) is 20.9. The molecule has 0 aliphatic rings. The van der Waals surface area contributed by atoms with E-state index in [0.717, 1.165) is 11.1 Å². The smallest absolute Gasteiger partial charge is 0.259 e. The van der Waals surface area contributed by atoms with Crippen molar-refractivity contribution in [3.63, 3.8) is 0 Å². The average Bonchev–Trinajstić information content (AvgIpc) is 2.68. The first-order valence-electron chi connectivity index (χ1n) is 8.35. The van der Waals surface area contributed by atoms with Crippen LogP contribution >= 0.6 is 0 Å². The molecule has 0 saturated heterocycles. The zero-order valence-corrected chi connectivity index (χ0v) is 14.2. The van der Waals surface area contributed by atoms with Gasteiger partial charge >= 0.3 is 0 Å². The Hall–Kier alpha value is -3.25. The third kappa shape index (κ3) is 4.64. The number of rotatable bonds is 7. The zero-order chi connectivity index (χ0) is 18.2. The number of pyridine rings is 2. The molecule has 132 valence electrons. The lowest BCUT2D eigenvalue weighted by atomic mass is 10.1. The standard InChI is InChI=1S/C20H20N4O2/c25-12-8-15-3-1-4-17(13-15)24-20(26)18-5-2-9-22-19(18)23-14-16-6-10-21-11-7-16/h1-7,9-11,13,25H,8,12,14H2,(H,22,23)(H,24,26). The molecule has 6 heteroatoms. The molecule has 2 heterocycles. The Labute approximate surface area is 152 Å². The number of aliphatic hydroxyl groups is 1. The number of carbonyl (C=O) groups excluding carboxylic acids is 1. The van der Waals surface area contributed by atoms with Gasteiger partial charge in [0.05, 0.1) is 5.56 Å². The molecule has 0 spiro atoms. The topological polar surface area (TPSA) is 87.1 Å². The molecule has 0 aliphatic carbocycles. The molecule has 0 atom stereocenters. The van der Waals surface area contributed by atoms with Gasteiger partial charge in [-0.15, -0.1) is 0 Å². The Balaban J connectivity index is 1.72. The van der Waals surface area contributed by atoms with Gasteiger partial charge < -0.3 is 15.7 Å². The first kappa shape index (κ1) is 17.6. The van der Waals surface area contributed by atoms with Crippen molar-refractivity contribution in [1.82, 2.24) is 9.97 Å². The number of amides is 1. The fraction of sp³-hybridized carbons (Fsp3) is 0.150. The Morgan fingerprint density at radius 2 is 1.85 bits per heavy atom. The number of anilines is 2. The van der Waals surface area contributed by atoms with E-state index in [2.05, 4.69) is 20.6 Å². The summed E-state index contributed by atoms with van der Waals surface area (Å²) < 4.78 is 0. The van der Waals surface area contributed by atoms with Crippen LogP contribution in [0.1, 0.15) is 21.5 Å². The third-order valence-electron chi connectivity index (χ3n) is 3.85. The van der Waals surface area contributed by atoms with E-state index in [0.29, 0.717) is 30.0 Å². The highest BCUT2D eigenvalue weighted by molar-refractivity contribution is 6.07. The molecule has 6 nitrogen and oxygen atoms in total. The summed E-state index contributed by atoms with van der Waals surface area (Å²) in [6.45, 7) is 0.620. The number of aromatic nitrogens is 2. The van der Waals surface area contributed by atoms with Crippen LogP contribution in [0.5, 0.6) is 0 Å². The average molecular weight is 348 g/mol. The highest BCUT2D eigenvalue weighted by Crippen LogP contribution is 2.17. The van der Waals surface area contributed by atoms with Gasteiger partial charge in [-0.3, -0.25) is 9.78 Å². The number of benzene rings is 1. The van der Waals surface area contributed by atoms with Crippen molar-refractivity contribution in [3.8, 4) is 0 Å². The quantitative estimate of drug-likeness (QED) is 0.611. The molecule has 3 aromatic rings. The SMILES string of the molecule is O=C(Nc1cccc(CCO)c1)c1cccnc1NCc1ccncc1. The molecule has 3 rings (SSSR count). The molecule has 0 aliphatic heterocycles. The number of hydrogen-bond donors (Lipinski definition) is 3. The minimum absolute atomic E-state index is 0.0725. The number of nitrogens with one attached hydrogen (secondary N) is 2. The molecule has 26 heavy (non-hydrogen) atoms. The van der Waals surface area contributed by atoms with Crippen molar-refractivity contribution in [3.05, 3.63) is 83.8 Å². The molecule has 0 fully saturated rings. The van der Waals surface area contributed by atoms with Gasteiger partial charge in [0.15, 0.2) is 0 Å². The van der Waals surface area contributed by atoms with Gasteiger partial charge in [-0.25, -0.2) is 4.98 Å². The second kappa shape index (κ2) is 8.73. The lowest BCUT2D eigenvalue weighted by Gasteiger charge is -2.12. The van der Waals surface area contributed by atoms with Crippen LogP contribution < -0.4 is 10.6 Å². The molecular weight excluding hydrogens is 328 g/mol. The van der Waals surface area contributed by atoms with Crippen LogP contribution in [0.4, 0.5) is 11.5 Å². The van der Waals surface area contributed by atoms with Crippen LogP contribution in [0.2, 0.25) is 0 Å². The van der Waals surface area contributed by atoms with Crippen molar-refractivity contribution in [2.24, 2.45) is 0 Å². The molecule has 2 aromatic heterocycles. The zero-order valence-electron chi connectivity index (χ0n) is 14.2. The number of carbonyl (C=O) groups is 1. The van der Waals surface area contributed by atoms with Crippen LogP contribution in [0.15, 0.2) is 67.1 Å². The molecule has 3 N–H and O–H groups in total. The lowest BCUT2D eigenvalue weighted by Crippen LogP contribution is -2.16. The fourth-order valence-corrected chi connectivity index (χ4v) is 2.55. The molecule has 0 radical (unpaired) electrons. The normalized spacial score (nSPS) is 10.3. The summed E-state index contributed by atoms with van der Waals surface area (Å²) in [7, 11) is 0. The second-order valence-electron chi connectivity index (χ2n) is 5.74. The van der Waals surface area contributed by atoms with Crippen LogP contribution in [-0.4, -0.2) is 27.6 Å². The van der Waals surface area contributed by atoms with E-state index in [9.17, 15) is 4.79 Å². The summed E-state index contributed by atoms with van der Waals surface area (Å²) in [5.74, 6) is 0.282. The van der Waals surface area contributed by atoms with Gasteiger partial charge in [-0.05, 0) is 53.9 Å². The van der Waals surface area contributed by atoms with Gasteiger partial charge in [0.25, 0.3) is 5.91 Å². The largest absolute Gasteiger partial charge is 0.396 e. The van der Waals surface area contributed by atoms with Crippen molar-refractivity contribution in [1.29, 1.82) is 0 Å². The Morgan fingerprint density at radius 3 is 2.65 bits per heavy atom. The highest BCUT2D eigenvalue weighted by atomic mass is 16.3. The van der Waals surface area contributed by atoms with Crippen LogP contribution in [-0.2, 0) is 13.0 Å². The first-order chi connectivity index (χ1) is 12.8. The summed E-state index contributed by atoms with van der Waals surface area (Å²) in [5.41, 5.74) is 3.17. The van der Waals surface area contributed by atoms with E-state index in [4.69, 9.17) is 5.11 Å². The van der Waals surface area contributed by atoms with Gasteiger partial charge in [0, 0.05) is 37.4 Å². The van der Waals surface area contributed by atoms with E-state index in [1.54, 1.807) is 30.7 Å². The van der Waals surface area contributed by atoms with Gasteiger partial charge in [-0.1, -0.05) is 12.1 Å². The summed E-state index contributed by atoms with van der Waals surface area (Å²) in [6.07, 6.45) is 5.65. The maximum absolute atomic E-state index is 12.7. The summed E-state index contributed by atoms with van der Waals surface area (Å²) >= 11 is 0. The van der Waals surface area contributed by atoms with Crippen LogP contribution in [0, 0.1) is 0 Å². The van der Waals surface area contributed by atoms with Gasteiger partial charge in [0.1, 0.15) is 5.82 Å². The monoisotopic (exact) mass is 348 g/mol. The van der Waals surface area contributed by atoms with Crippen LogP contribution in [0.3, 0.4) is 0 Å². The Bertz CT molecular complexity index is 868. The van der Waals surface area contributed by atoms with Crippen molar-refractivity contribution < 1.29 is 9.90 Å². The molecule has 0 saturated carbocycles. The highest BCUT2D eigenvalue weighted by Gasteiger charge is 2.12. The van der Waals surface area contributed by atoms with E-state index in [1.807, 2.05) is 36.4 Å². The van der Waals surface area contributed by atoms with Gasteiger partial charge in [-0.2, -0.15) is 0 Å². The fourth-order valence-electron chi connectivity index (χ4n) is 2.55. The maximum Gasteiger partial charge on any atom is 0.259 e. The Morgan fingerprint density at radius 1 is 1.00 bits per heavy atom. The molecule has 1 aromatic carbocycles. The maximum atomic E-state index is 12.7. The molecular formula is C20H20N4O2. The van der Waals surface area contributed by atoms with E-state index in [1.165, 1.54) is 0 Å². The second-order valence-corrected chi connectivity index (χ2v) is 5.74. The van der Waals surface area contributed by atoms with Crippen molar-refractivity contribution in [2.75, 3.05) is 17.2 Å². The first-order valence-corrected chi connectivity index (χ1v) is 8.35. The van der Waals surface area contributed by atoms with Gasteiger partial charge in [0.2, 0.25) is 0 Å². The molecule has 1 amide bonds. The third-order valence-corrected chi connectivity index (χ3v) is 3.85. The number of nitrogens with zero attached hydrogens (tertiary/aromatic N) is 2. The molecule has 0 unspecified atom stereocenters. The summed E-state index contributed by atoms with van der Waals surface area (Å²) in [6, 6.07) is 14.7. The predicted octanol–water partition coefficient (Wildman–Crippen LogP) is 2.88. The lowest BCUT2D eigenvalue weighted by molar-refractivity contribution is 0.102. The van der Waals surface area contributed by atoms with E-state index >= 15 is 0 Å². The number of aliphatic hydroxyl groups excluding tert-OH is 1. The minimum atomic E-state index is -0.239. The van der Waals surface area contributed by atoms with E-state index < -0.39 is 0 Å². The van der Waals surface area contributed by atoms with Crippen molar-refractivity contribution in [2.45, 2.75) is 13.0 Å². The van der Waals surface area contributed by atoms with Crippen LogP contribution in [0.25, 0.3) is 0 Å². The predicted molar refractivity (Wildman–Crippen MR) is 101 cm³/mol. The van der Waals surface area contributed by atoms with Crippen molar-refractivity contribution >= 4 is 17.4 Å². The number of hydrogen-bond acceptors (Lipinski definition) is 5. The molecule has 0 bridgehead atoms. The minimum Gasteiger partial charge on any atom is -0.396 e.